The van der Waals surface area contributed by atoms with E-state index < -0.39 is 0 Å². The zero-order valence-corrected chi connectivity index (χ0v) is 14.5. The second kappa shape index (κ2) is 7.17. The van der Waals surface area contributed by atoms with E-state index in [9.17, 15) is 4.79 Å². The highest BCUT2D eigenvalue weighted by atomic mass is 32.2. The third-order valence-electron chi connectivity index (χ3n) is 4.20. The van der Waals surface area contributed by atoms with Crippen LogP contribution in [0.4, 0.5) is 0 Å². The fourth-order valence-electron chi connectivity index (χ4n) is 2.89. The number of aromatic nitrogens is 3. The van der Waals surface area contributed by atoms with Gasteiger partial charge in [0.15, 0.2) is 11.0 Å². The van der Waals surface area contributed by atoms with Crippen LogP contribution in [0.2, 0.25) is 0 Å². The van der Waals surface area contributed by atoms with Crippen molar-refractivity contribution in [1.82, 2.24) is 19.7 Å². The number of hydrogen-bond donors (Lipinski definition) is 0. The van der Waals surface area contributed by atoms with Crippen LogP contribution in [0.3, 0.4) is 0 Å². The zero-order valence-electron chi connectivity index (χ0n) is 13.7. The van der Waals surface area contributed by atoms with Gasteiger partial charge in [-0.15, -0.1) is 10.2 Å². The predicted octanol–water partition coefficient (Wildman–Crippen LogP) is 2.99. The first-order valence-electron chi connectivity index (χ1n) is 8.10. The summed E-state index contributed by atoms with van der Waals surface area (Å²) in [6.07, 6.45) is 2.25. The highest BCUT2D eigenvalue weighted by Crippen LogP contribution is 2.26. The van der Waals surface area contributed by atoms with E-state index in [2.05, 4.69) is 40.7 Å². The Labute approximate surface area is 141 Å². The minimum atomic E-state index is 0.204. The molecule has 0 spiro atoms. The molecule has 0 bridgehead atoms. The number of thioether (sulfide) groups is 1. The lowest BCUT2D eigenvalue weighted by molar-refractivity contribution is -0.127. The first-order valence-corrected chi connectivity index (χ1v) is 9.09. The van der Waals surface area contributed by atoms with Crippen molar-refractivity contribution in [3.63, 3.8) is 0 Å². The summed E-state index contributed by atoms with van der Waals surface area (Å²) in [5.74, 6) is 1.52. The smallest absolute Gasteiger partial charge is 0.233 e. The summed E-state index contributed by atoms with van der Waals surface area (Å²) in [5, 5.41) is 9.49. The largest absolute Gasteiger partial charge is 0.342 e. The Balaban J connectivity index is 1.76. The second-order valence-electron chi connectivity index (χ2n) is 5.74. The Morgan fingerprint density at radius 1 is 1.22 bits per heavy atom. The van der Waals surface area contributed by atoms with Gasteiger partial charge in [-0.25, -0.2) is 0 Å². The maximum atomic E-state index is 12.2. The van der Waals surface area contributed by atoms with Gasteiger partial charge >= 0.3 is 0 Å². The molecule has 5 nitrogen and oxygen atoms in total. The van der Waals surface area contributed by atoms with E-state index in [4.69, 9.17) is 0 Å². The Morgan fingerprint density at radius 3 is 2.65 bits per heavy atom. The molecule has 1 aliphatic rings. The number of hydrogen-bond acceptors (Lipinski definition) is 4. The maximum Gasteiger partial charge on any atom is 0.233 e. The van der Waals surface area contributed by atoms with Gasteiger partial charge in [0.05, 0.1) is 5.75 Å². The van der Waals surface area contributed by atoms with Crippen LogP contribution in [-0.2, 0) is 11.3 Å². The molecule has 2 heterocycles. The van der Waals surface area contributed by atoms with Crippen LogP contribution in [0.1, 0.15) is 25.3 Å². The van der Waals surface area contributed by atoms with E-state index in [0.717, 1.165) is 49.0 Å². The quantitative estimate of drug-likeness (QED) is 0.791. The Bertz CT molecular complexity index is 692. The molecule has 23 heavy (non-hydrogen) atoms. The van der Waals surface area contributed by atoms with Crippen LogP contribution in [0.25, 0.3) is 11.4 Å². The molecule has 0 aliphatic carbocycles. The number of amides is 1. The van der Waals surface area contributed by atoms with Gasteiger partial charge < -0.3 is 9.47 Å². The lowest BCUT2D eigenvalue weighted by atomic mass is 10.1. The molecule has 2 aromatic rings. The van der Waals surface area contributed by atoms with Gasteiger partial charge in [0.1, 0.15) is 0 Å². The molecular formula is C17H22N4OS. The van der Waals surface area contributed by atoms with Crippen molar-refractivity contribution in [2.45, 2.75) is 38.4 Å². The summed E-state index contributed by atoms with van der Waals surface area (Å²) >= 11 is 1.49. The van der Waals surface area contributed by atoms with Crippen LogP contribution in [-0.4, -0.2) is 44.4 Å². The standard InChI is InChI=1S/C17H22N4OS/c1-3-21-16(14-9-5-4-8-13(14)2)18-19-17(21)23-12-15(22)20-10-6-7-11-20/h4-5,8-9H,3,6-7,10-12H2,1-2H3. The summed E-state index contributed by atoms with van der Waals surface area (Å²) < 4.78 is 2.09. The molecule has 1 saturated heterocycles. The minimum Gasteiger partial charge on any atom is -0.342 e. The van der Waals surface area contributed by atoms with E-state index in [0.29, 0.717) is 5.75 Å². The molecule has 0 saturated carbocycles. The fourth-order valence-corrected chi connectivity index (χ4v) is 3.79. The summed E-state index contributed by atoms with van der Waals surface area (Å²) in [6.45, 7) is 6.74. The van der Waals surface area contributed by atoms with Crippen LogP contribution in [0.5, 0.6) is 0 Å². The Hall–Kier alpha value is -1.82. The second-order valence-corrected chi connectivity index (χ2v) is 6.68. The highest BCUT2D eigenvalue weighted by Gasteiger charge is 2.20. The van der Waals surface area contributed by atoms with E-state index in [1.165, 1.54) is 17.3 Å². The number of benzene rings is 1. The molecule has 1 aromatic carbocycles. The van der Waals surface area contributed by atoms with E-state index >= 15 is 0 Å². The van der Waals surface area contributed by atoms with E-state index in [-0.39, 0.29) is 5.91 Å². The number of aryl methyl sites for hydroxylation is 1. The molecular weight excluding hydrogens is 308 g/mol. The zero-order chi connectivity index (χ0) is 16.2. The molecule has 0 N–H and O–H groups in total. The van der Waals surface area contributed by atoms with Gasteiger partial charge in [0, 0.05) is 25.2 Å². The first kappa shape index (κ1) is 16.1. The van der Waals surface area contributed by atoms with Crippen molar-refractivity contribution in [3.8, 4) is 11.4 Å². The van der Waals surface area contributed by atoms with Gasteiger partial charge in [0.25, 0.3) is 0 Å². The van der Waals surface area contributed by atoms with Crippen LogP contribution >= 0.6 is 11.8 Å². The van der Waals surface area contributed by atoms with Gasteiger partial charge in [0.2, 0.25) is 5.91 Å². The van der Waals surface area contributed by atoms with Crippen molar-refractivity contribution in [3.05, 3.63) is 29.8 Å². The molecule has 1 fully saturated rings. The highest BCUT2D eigenvalue weighted by molar-refractivity contribution is 7.99. The first-order chi connectivity index (χ1) is 11.2. The van der Waals surface area contributed by atoms with Crippen LogP contribution < -0.4 is 0 Å². The van der Waals surface area contributed by atoms with Crippen molar-refractivity contribution in [2.75, 3.05) is 18.8 Å². The molecule has 1 aliphatic heterocycles. The number of nitrogens with zero attached hydrogens (tertiary/aromatic N) is 4. The fraction of sp³-hybridized carbons (Fsp3) is 0.471. The lowest BCUT2D eigenvalue weighted by Crippen LogP contribution is -2.29. The summed E-state index contributed by atoms with van der Waals surface area (Å²) in [6, 6.07) is 8.18. The summed E-state index contributed by atoms with van der Waals surface area (Å²) in [4.78, 5) is 14.1. The number of rotatable bonds is 5. The molecule has 1 aromatic heterocycles. The number of carbonyl (C=O) groups is 1. The molecule has 122 valence electrons. The van der Waals surface area contributed by atoms with E-state index in [1.807, 2.05) is 17.0 Å². The Kier molecular flexibility index (Phi) is 5.00. The van der Waals surface area contributed by atoms with Crippen molar-refractivity contribution >= 4 is 17.7 Å². The molecule has 0 unspecified atom stereocenters. The molecule has 0 atom stereocenters. The monoisotopic (exact) mass is 330 g/mol. The van der Waals surface area contributed by atoms with Gasteiger partial charge in [-0.3, -0.25) is 4.79 Å². The molecule has 1 amide bonds. The van der Waals surface area contributed by atoms with Crippen molar-refractivity contribution in [2.24, 2.45) is 0 Å². The van der Waals surface area contributed by atoms with Gasteiger partial charge in [-0.2, -0.15) is 0 Å². The minimum absolute atomic E-state index is 0.204. The average molecular weight is 330 g/mol. The molecule has 0 radical (unpaired) electrons. The topological polar surface area (TPSA) is 51.0 Å². The number of likely N-dealkylation sites (tertiary alicyclic amines) is 1. The SMILES string of the molecule is CCn1c(SCC(=O)N2CCCC2)nnc1-c1ccccc1C. The third-order valence-corrected chi connectivity index (χ3v) is 5.15. The third kappa shape index (κ3) is 3.42. The van der Waals surface area contributed by atoms with Crippen LogP contribution in [0, 0.1) is 6.92 Å². The Morgan fingerprint density at radius 2 is 1.96 bits per heavy atom. The van der Waals surface area contributed by atoms with Crippen LogP contribution in [0.15, 0.2) is 29.4 Å². The summed E-state index contributed by atoms with van der Waals surface area (Å²) in [7, 11) is 0. The van der Waals surface area contributed by atoms with Gasteiger partial charge in [-0.1, -0.05) is 36.0 Å². The predicted molar refractivity (Wildman–Crippen MR) is 92.4 cm³/mol. The normalized spacial score (nSPS) is 14.4. The average Bonchev–Trinajstić information content (AvgIpc) is 3.22. The molecule has 3 rings (SSSR count). The summed E-state index contributed by atoms with van der Waals surface area (Å²) in [5.41, 5.74) is 2.28. The lowest BCUT2D eigenvalue weighted by Gasteiger charge is -2.14. The maximum absolute atomic E-state index is 12.2. The van der Waals surface area contributed by atoms with E-state index in [1.54, 1.807) is 0 Å². The van der Waals surface area contributed by atoms with Crippen molar-refractivity contribution in [1.29, 1.82) is 0 Å². The van der Waals surface area contributed by atoms with Gasteiger partial charge in [-0.05, 0) is 32.3 Å². The van der Waals surface area contributed by atoms with Crippen molar-refractivity contribution < 1.29 is 4.79 Å². The molecule has 6 heteroatoms. The number of carbonyl (C=O) groups excluding carboxylic acids is 1.